The fraction of sp³-hybridized carbons (Fsp3) is 0.379. The van der Waals surface area contributed by atoms with E-state index in [1.807, 2.05) is 12.1 Å². The van der Waals surface area contributed by atoms with E-state index in [4.69, 9.17) is 4.74 Å². The van der Waals surface area contributed by atoms with Gasteiger partial charge in [-0.15, -0.1) is 0 Å². The Morgan fingerprint density at radius 3 is 2.38 bits per heavy atom. The zero-order valence-electron chi connectivity index (χ0n) is 22.3. The molecule has 1 fully saturated rings. The molecule has 8 nitrogen and oxygen atoms in total. The summed E-state index contributed by atoms with van der Waals surface area (Å²) in [6.45, 7) is 11.7. The van der Waals surface area contributed by atoms with Gasteiger partial charge in [-0.05, 0) is 61.0 Å². The average Bonchev–Trinajstić information content (AvgIpc) is 2.92. The number of rotatable bonds is 10. The van der Waals surface area contributed by atoms with Gasteiger partial charge in [-0.3, -0.25) is 14.7 Å². The van der Waals surface area contributed by atoms with Gasteiger partial charge in [0.2, 0.25) is 0 Å². The van der Waals surface area contributed by atoms with Crippen LogP contribution in [0.4, 0.5) is 11.4 Å². The largest absolute Gasteiger partial charge is 0.457 e. The SMILES string of the molecule is CCN1CCN(Cc2ccc(NCN(C)c3ccc(Oc4ccnc(C(=O)NC)c4)cc3C)cc2)CC1. The molecule has 1 aliphatic heterocycles. The molecule has 1 aromatic heterocycles. The third-order valence-electron chi connectivity index (χ3n) is 6.80. The van der Waals surface area contributed by atoms with Gasteiger partial charge >= 0.3 is 0 Å². The Kier molecular flexibility index (Phi) is 8.98. The van der Waals surface area contributed by atoms with Crippen LogP contribution in [0.25, 0.3) is 0 Å². The van der Waals surface area contributed by atoms with E-state index in [1.54, 1.807) is 25.4 Å². The van der Waals surface area contributed by atoms with Gasteiger partial charge in [0.1, 0.15) is 17.2 Å². The fourth-order valence-electron chi connectivity index (χ4n) is 4.53. The topological polar surface area (TPSA) is 73.0 Å². The molecule has 2 N–H and O–H groups in total. The highest BCUT2D eigenvalue weighted by atomic mass is 16.5. The normalized spacial score (nSPS) is 14.3. The highest BCUT2D eigenvalue weighted by molar-refractivity contribution is 5.92. The Bertz CT molecular complexity index is 1180. The van der Waals surface area contributed by atoms with Gasteiger partial charge in [-0.2, -0.15) is 0 Å². The van der Waals surface area contributed by atoms with Crippen LogP contribution >= 0.6 is 0 Å². The predicted molar refractivity (Wildman–Crippen MR) is 150 cm³/mol. The number of aryl methyl sites for hydroxylation is 1. The minimum absolute atomic E-state index is 0.244. The number of anilines is 2. The number of hydrogen-bond donors (Lipinski definition) is 2. The van der Waals surface area contributed by atoms with Crippen LogP contribution in [0.1, 0.15) is 28.5 Å². The first-order chi connectivity index (χ1) is 17.9. The molecule has 4 rings (SSSR count). The number of likely N-dealkylation sites (N-methyl/N-ethyl adjacent to an activating group) is 1. The van der Waals surface area contributed by atoms with Crippen LogP contribution in [0.3, 0.4) is 0 Å². The van der Waals surface area contributed by atoms with Gasteiger partial charge in [0.05, 0.1) is 6.67 Å². The van der Waals surface area contributed by atoms with Crippen molar-refractivity contribution < 1.29 is 9.53 Å². The molecule has 2 aromatic carbocycles. The second-order valence-corrected chi connectivity index (χ2v) is 9.45. The third-order valence-corrected chi connectivity index (χ3v) is 6.80. The zero-order valence-corrected chi connectivity index (χ0v) is 22.3. The van der Waals surface area contributed by atoms with Gasteiger partial charge in [0, 0.05) is 70.5 Å². The van der Waals surface area contributed by atoms with Crippen molar-refractivity contribution in [2.45, 2.75) is 20.4 Å². The van der Waals surface area contributed by atoms with Crippen molar-refractivity contribution in [1.82, 2.24) is 20.1 Å². The van der Waals surface area contributed by atoms with Crippen LogP contribution in [0, 0.1) is 6.92 Å². The number of ether oxygens (including phenoxy) is 1. The standard InChI is InChI=1S/C29H38N6O2/c1-5-34-14-16-35(17-15-34)20-23-6-8-24(9-7-23)32-21-33(4)28-11-10-25(18-22(28)2)37-26-12-13-31-27(19-26)29(36)30-3/h6-13,18-19,32H,5,14-17,20-21H2,1-4H3,(H,30,36). The molecule has 0 spiro atoms. The summed E-state index contributed by atoms with van der Waals surface area (Å²) in [5.74, 6) is 1.04. The maximum Gasteiger partial charge on any atom is 0.269 e. The van der Waals surface area contributed by atoms with Gasteiger partial charge < -0.3 is 25.2 Å². The Morgan fingerprint density at radius 1 is 1.00 bits per heavy atom. The monoisotopic (exact) mass is 502 g/mol. The Hall–Kier alpha value is -3.62. The molecule has 3 aromatic rings. The minimum Gasteiger partial charge on any atom is -0.457 e. The van der Waals surface area contributed by atoms with Crippen LogP contribution in [-0.4, -0.2) is 74.2 Å². The summed E-state index contributed by atoms with van der Waals surface area (Å²) in [6, 6.07) is 18.1. The number of hydrogen-bond acceptors (Lipinski definition) is 7. The van der Waals surface area contributed by atoms with Gasteiger partial charge in [0.15, 0.2) is 0 Å². The number of carbonyl (C=O) groups excluding carboxylic acids is 1. The van der Waals surface area contributed by atoms with E-state index in [1.165, 1.54) is 5.56 Å². The number of pyridine rings is 1. The van der Waals surface area contributed by atoms with Crippen molar-refractivity contribution in [3.05, 3.63) is 77.6 Å². The summed E-state index contributed by atoms with van der Waals surface area (Å²) in [7, 11) is 3.65. The smallest absolute Gasteiger partial charge is 0.269 e. The first-order valence-electron chi connectivity index (χ1n) is 12.9. The number of aromatic nitrogens is 1. The van der Waals surface area contributed by atoms with Crippen molar-refractivity contribution in [1.29, 1.82) is 0 Å². The third kappa shape index (κ3) is 7.21. The molecular weight excluding hydrogens is 464 g/mol. The molecule has 0 aliphatic carbocycles. The molecule has 1 amide bonds. The molecule has 2 heterocycles. The fourth-order valence-corrected chi connectivity index (χ4v) is 4.53. The summed E-state index contributed by atoms with van der Waals surface area (Å²) in [6.07, 6.45) is 1.57. The maximum atomic E-state index is 11.8. The summed E-state index contributed by atoms with van der Waals surface area (Å²) in [5, 5.41) is 6.10. The second kappa shape index (κ2) is 12.6. The minimum atomic E-state index is -0.244. The highest BCUT2D eigenvalue weighted by Crippen LogP contribution is 2.28. The van der Waals surface area contributed by atoms with E-state index in [2.05, 4.69) is 81.5 Å². The molecule has 0 atom stereocenters. The molecule has 0 bridgehead atoms. The predicted octanol–water partition coefficient (Wildman–Crippen LogP) is 4.19. The molecule has 1 aliphatic rings. The van der Waals surface area contributed by atoms with E-state index in [0.717, 1.165) is 56.2 Å². The van der Waals surface area contributed by atoms with Crippen molar-refractivity contribution in [3.8, 4) is 11.5 Å². The van der Waals surface area contributed by atoms with Crippen molar-refractivity contribution >= 4 is 17.3 Å². The van der Waals surface area contributed by atoms with Crippen LogP contribution < -0.4 is 20.3 Å². The maximum absolute atomic E-state index is 11.8. The molecule has 0 radical (unpaired) electrons. The van der Waals surface area contributed by atoms with Crippen LogP contribution in [0.5, 0.6) is 11.5 Å². The first kappa shape index (κ1) is 26.4. The van der Waals surface area contributed by atoms with E-state index in [-0.39, 0.29) is 5.91 Å². The number of amides is 1. The van der Waals surface area contributed by atoms with E-state index >= 15 is 0 Å². The van der Waals surface area contributed by atoms with Gasteiger partial charge in [-0.1, -0.05) is 19.1 Å². The molecule has 0 saturated carbocycles. The molecule has 0 unspecified atom stereocenters. The number of nitrogens with zero attached hydrogens (tertiary/aromatic N) is 4. The quantitative estimate of drug-likeness (QED) is 0.403. The lowest BCUT2D eigenvalue weighted by Crippen LogP contribution is -2.45. The van der Waals surface area contributed by atoms with Crippen LogP contribution in [0.15, 0.2) is 60.8 Å². The van der Waals surface area contributed by atoms with Crippen molar-refractivity contribution in [2.75, 3.05) is 63.7 Å². The van der Waals surface area contributed by atoms with E-state index in [9.17, 15) is 4.79 Å². The number of carbonyl (C=O) groups is 1. The van der Waals surface area contributed by atoms with Crippen molar-refractivity contribution in [2.24, 2.45) is 0 Å². The van der Waals surface area contributed by atoms with Crippen LogP contribution in [-0.2, 0) is 6.54 Å². The second-order valence-electron chi connectivity index (χ2n) is 9.45. The van der Waals surface area contributed by atoms with Gasteiger partial charge in [0.25, 0.3) is 5.91 Å². The summed E-state index contributed by atoms with van der Waals surface area (Å²) < 4.78 is 5.98. The van der Waals surface area contributed by atoms with Gasteiger partial charge in [-0.25, -0.2) is 0 Å². The average molecular weight is 503 g/mol. The van der Waals surface area contributed by atoms with Crippen LogP contribution in [0.2, 0.25) is 0 Å². The summed E-state index contributed by atoms with van der Waals surface area (Å²) in [4.78, 5) is 23.1. The summed E-state index contributed by atoms with van der Waals surface area (Å²) >= 11 is 0. The lowest BCUT2D eigenvalue weighted by atomic mass is 10.1. The number of nitrogens with one attached hydrogen (secondary N) is 2. The highest BCUT2D eigenvalue weighted by Gasteiger charge is 2.15. The molecular formula is C29H38N6O2. The Labute approximate surface area is 220 Å². The Morgan fingerprint density at radius 2 is 1.70 bits per heavy atom. The van der Waals surface area contributed by atoms with E-state index in [0.29, 0.717) is 23.9 Å². The molecule has 8 heteroatoms. The first-order valence-corrected chi connectivity index (χ1v) is 12.9. The van der Waals surface area contributed by atoms with E-state index < -0.39 is 0 Å². The molecule has 37 heavy (non-hydrogen) atoms. The van der Waals surface area contributed by atoms with Crippen molar-refractivity contribution in [3.63, 3.8) is 0 Å². The molecule has 1 saturated heterocycles. The number of piperazine rings is 1. The Balaban J connectivity index is 1.29. The lowest BCUT2D eigenvalue weighted by molar-refractivity contribution is 0.0958. The zero-order chi connectivity index (χ0) is 26.2. The molecule has 196 valence electrons. The lowest BCUT2D eigenvalue weighted by Gasteiger charge is -2.34. The number of benzene rings is 2. The summed E-state index contributed by atoms with van der Waals surface area (Å²) in [5.41, 5.74) is 4.99.